The summed E-state index contributed by atoms with van der Waals surface area (Å²) in [5.41, 5.74) is 0.524. The van der Waals surface area contributed by atoms with E-state index >= 15 is 0 Å². The molecule has 0 radical (unpaired) electrons. The van der Waals surface area contributed by atoms with E-state index in [0.29, 0.717) is 28.6 Å². The highest BCUT2D eigenvalue weighted by atomic mass is 32.2. The molecule has 5 heteroatoms. The summed E-state index contributed by atoms with van der Waals surface area (Å²) in [5, 5.41) is 0. The monoisotopic (exact) mass is 270 g/mol. The number of methoxy groups -OCH3 is 3. The fourth-order valence-corrected chi connectivity index (χ4v) is 2.14. The molecule has 0 fully saturated rings. The number of Topliss-reactive ketones (excluding diaryl/α,β-unsaturated/α-hetero) is 1. The van der Waals surface area contributed by atoms with Gasteiger partial charge in [-0.3, -0.25) is 4.79 Å². The van der Waals surface area contributed by atoms with Crippen molar-refractivity contribution in [2.45, 2.75) is 6.92 Å². The molecule has 0 N–H and O–H groups in total. The number of thioether (sulfide) groups is 1. The van der Waals surface area contributed by atoms with E-state index in [1.807, 2.05) is 6.92 Å². The molecule has 0 aliphatic carbocycles. The lowest BCUT2D eigenvalue weighted by atomic mass is 10.1. The molecule has 0 spiro atoms. The van der Waals surface area contributed by atoms with Gasteiger partial charge in [-0.2, -0.15) is 11.8 Å². The molecule has 4 nitrogen and oxygen atoms in total. The van der Waals surface area contributed by atoms with Crippen molar-refractivity contribution < 1.29 is 19.0 Å². The minimum atomic E-state index is 0.0275. The third-order valence-electron chi connectivity index (χ3n) is 2.44. The molecule has 0 aromatic heterocycles. The molecule has 0 aliphatic heterocycles. The lowest BCUT2D eigenvalue weighted by Crippen LogP contribution is -2.07. The zero-order valence-corrected chi connectivity index (χ0v) is 11.9. The number of carbonyl (C=O) groups excluding carboxylic acids is 1. The van der Waals surface area contributed by atoms with Crippen molar-refractivity contribution >= 4 is 17.5 Å². The van der Waals surface area contributed by atoms with Crippen LogP contribution >= 0.6 is 11.8 Å². The van der Waals surface area contributed by atoms with Crippen molar-refractivity contribution in [2.24, 2.45) is 0 Å². The van der Waals surface area contributed by atoms with Crippen LogP contribution in [0, 0.1) is 0 Å². The molecule has 0 atom stereocenters. The van der Waals surface area contributed by atoms with Crippen molar-refractivity contribution in [1.82, 2.24) is 0 Å². The Morgan fingerprint density at radius 3 is 2.28 bits per heavy atom. The highest BCUT2D eigenvalue weighted by Gasteiger charge is 2.20. The third kappa shape index (κ3) is 3.10. The van der Waals surface area contributed by atoms with Gasteiger partial charge >= 0.3 is 0 Å². The van der Waals surface area contributed by atoms with Crippen LogP contribution < -0.4 is 14.2 Å². The van der Waals surface area contributed by atoms with Gasteiger partial charge in [0.15, 0.2) is 17.3 Å². The first-order valence-corrected chi connectivity index (χ1v) is 6.74. The van der Waals surface area contributed by atoms with Crippen LogP contribution in [0.5, 0.6) is 17.2 Å². The second-order valence-electron chi connectivity index (χ2n) is 3.44. The van der Waals surface area contributed by atoms with Gasteiger partial charge in [0.2, 0.25) is 5.75 Å². The number of hydrogen-bond acceptors (Lipinski definition) is 5. The van der Waals surface area contributed by atoms with Gasteiger partial charge in [0.05, 0.1) is 32.6 Å². The van der Waals surface area contributed by atoms with E-state index in [1.54, 1.807) is 31.0 Å². The fraction of sp³-hybridized carbons (Fsp3) is 0.462. The highest BCUT2D eigenvalue weighted by molar-refractivity contribution is 7.99. The van der Waals surface area contributed by atoms with Crippen molar-refractivity contribution in [2.75, 3.05) is 32.8 Å². The van der Waals surface area contributed by atoms with Gasteiger partial charge in [0.25, 0.3) is 0 Å². The molecule has 0 unspecified atom stereocenters. The molecule has 18 heavy (non-hydrogen) atoms. The highest BCUT2D eigenvalue weighted by Crippen LogP contribution is 2.40. The summed E-state index contributed by atoms with van der Waals surface area (Å²) in [7, 11) is 4.59. The SMILES string of the molecule is CCSCC(=O)c1ccc(OC)c(OC)c1OC. The molecule has 100 valence electrons. The molecule has 1 aromatic rings. The predicted molar refractivity (Wildman–Crippen MR) is 73.4 cm³/mol. The van der Waals surface area contributed by atoms with Crippen LogP contribution in [0.15, 0.2) is 12.1 Å². The Balaban J connectivity index is 3.16. The summed E-state index contributed by atoms with van der Waals surface area (Å²) in [6.45, 7) is 2.02. The lowest BCUT2D eigenvalue weighted by molar-refractivity contribution is 0.101. The van der Waals surface area contributed by atoms with Crippen LogP contribution in [-0.2, 0) is 0 Å². The standard InChI is InChI=1S/C13H18O4S/c1-5-18-8-10(14)9-6-7-11(15-2)13(17-4)12(9)16-3/h6-7H,5,8H2,1-4H3. The van der Waals surface area contributed by atoms with E-state index in [2.05, 4.69) is 0 Å². The number of carbonyl (C=O) groups is 1. The maximum atomic E-state index is 12.1. The Labute approximate surface area is 112 Å². The van der Waals surface area contributed by atoms with Crippen LogP contribution in [0.1, 0.15) is 17.3 Å². The first kappa shape index (κ1) is 14.7. The molecule has 0 saturated carbocycles. The van der Waals surface area contributed by atoms with E-state index in [4.69, 9.17) is 14.2 Å². The maximum absolute atomic E-state index is 12.1. The molecular weight excluding hydrogens is 252 g/mol. The summed E-state index contributed by atoms with van der Waals surface area (Å²) in [4.78, 5) is 12.1. The van der Waals surface area contributed by atoms with Crippen molar-refractivity contribution in [3.63, 3.8) is 0 Å². The number of hydrogen-bond donors (Lipinski definition) is 0. The van der Waals surface area contributed by atoms with Gasteiger partial charge in [-0.1, -0.05) is 6.92 Å². The Kier molecular flexibility index (Phi) is 5.85. The number of rotatable bonds is 7. The van der Waals surface area contributed by atoms with E-state index < -0.39 is 0 Å². The van der Waals surface area contributed by atoms with Crippen molar-refractivity contribution in [3.05, 3.63) is 17.7 Å². The van der Waals surface area contributed by atoms with Crippen LogP contribution in [0.4, 0.5) is 0 Å². The van der Waals surface area contributed by atoms with Gasteiger partial charge in [0.1, 0.15) is 0 Å². The van der Waals surface area contributed by atoms with Crippen LogP contribution in [0.3, 0.4) is 0 Å². The maximum Gasteiger partial charge on any atom is 0.204 e. The van der Waals surface area contributed by atoms with Gasteiger partial charge in [-0.25, -0.2) is 0 Å². The van der Waals surface area contributed by atoms with E-state index in [1.165, 1.54) is 14.2 Å². The third-order valence-corrected chi connectivity index (χ3v) is 3.32. The average Bonchev–Trinajstić information content (AvgIpc) is 2.42. The predicted octanol–water partition coefficient (Wildman–Crippen LogP) is 2.65. The topological polar surface area (TPSA) is 44.8 Å². The van der Waals surface area contributed by atoms with E-state index in [0.717, 1.165) is 5.75 Å². The zero-order valence-electron chi connectivity index (χ0n) is 11.1. The van der Waals surface area contributed by atoms with Crippen LogP contribution in [0.2, 0.25) is 0 Å². The molecule has 1 rings (SSSR count). The number of benzene rings is 1. The minimum Gasteiger partial charge on any atom is -0.493 e. The molecule has 0 bridgehead atoms. The molecule has 1 aromatic carbocycles. The van der Waals surface area contributed by atoms with Crippen molar-refractivity contribution in [1.29, 1.82) is 0 Å². The van der Waals surface area contributed by atoms with Gasteiger partial charge in [-0.15, -0.1) is 0 Å². The number of ether oxygens (including phenoxy) is 3. The first-order valence-electron chi connectivity index (χ1n) is 5.59. The molecule has 0 heterocycles. The van der Waals surface area contributed by atoms with Gasteiger partial charge in [-0.05, 0) is 17.9 Å². The fourth-order valence-electron chi connectivity index (χ4n) is 1.59. The summed E-state index contributed by atoms with van der Waals surface area (Å²) >= 11 is 1.58. The summed E-state index contributed by atoms with van der Waals surface area (Å²) in [5.74, 6) is 2.79. The number of ketones is 1. The van der Waals surface area contributed by atoms with Gasteiger partial charge < -0.3 is 14.2 Å². The molecule has 0 aliphatic rings. The Morgan fingerprint density at radius 1 is 1.11 bits per heavy atom. The second-order valence-corrected chi connectivity index (χ2v) is 4.72. The molecular formula is C13H18O4S. The lowest BCUT2D eigenvalue weighted by Gasteiger charge is -2.14. The quantitative estimate of drug-likeness (QED) is 0.713. The van der Waals surface area contributed by atoms with Crippen molar-refractivity contribution in [3.8, 4) is 17.2 Å². The van der Waals surface area contributed by atoms with Crippen LogP contribution in [-0.4, -0.2) is 38.6 Å². The van der Waals surface area contributed by atoms with E-state index in [-0.39, 0.29) is 5.78 Å². The minimum absolute atomic E-state index is 0.0275. The Bertz CT molecular complexity index is 418. The van der Waals surface area contributed by atoms with Gasteiger partial charge in [0, 0.05) is 0 Å². The largest absolute Gasteiger partial charge is 0.493 e. The second kappa shape index (κ2) is 7.16. The summed E-state index contributed by atoms with van der Waals surface area (Å²) < 4.78 is 15.7. The molecule has 0 saturated heterocycles. The molecule has 0 amide bonds. The average molecular weight is 270 g/mol. The normalized spacial score (nSPS) is 10.0. The first-order chi connectivity index (χ1) is 8.69. The smallest absolute Gasteiger partial charge is 0.204 e. The van der Waals surface area contributed by atoms with Crippen LogP contribution in [0.25, 0.3) is 0 Å². The Hall–Kier alpha value is -1.36. The van der Waals surface area contributed by atoms with E-state index in [9.17, 15) is 4.79 Å². The zero-order chi connectivity index (χ0) is 13.5. The summed E-state index contributed by atoms with van der Waals surface area (Å²) in [6, 6.07) is 3.42. The summed E-state index contributed by atoms with van der Waals surface area (Å²) in [6.07, 6.45) is 0. The Morgan fingerprint density at radius 2 is 1.78 bits per heavy atom.